The molecule has 0 bridgehead atoms. The van der Waals surface area contributed by atoms with Gasteiger partial charge in [0.05, 0.1) is 10.0 Å². The molecule has 4 heteroatoms. The molecule has 2 saturated heterocycles. The van der Waals surface area contributed by atoms with Crippen LogP contribution in [0.2, 0.25) is 10.0 Å². The summed E-state index contributed by atoms with van der Waals surface area (Å²) in [7, 11) is 0. The van der Waals surface area contributed by atoms with Crippen molar-refractivity contribution >= 4 is 28.9 Å². The van der Waals surface area contributed by atoms with Crippen LogP contribution in [0, 0.1) is 0 Å². The maximum absolute atomic E-state index is 6.15. The minimum Gasteiger partial charge on any atom is -0.366 e. The second-order valence-corrected chi connectivity index (χ2v) is 6.56. The van der Waals surface area contributed by atoms with Crippen molar-refractivity contribution in [3.63, 3.8) is 0 Å². The van der Waals surface area contributed by atoms with Gasteiger partial charge in [-0.2, -0.15) is 0 Å². The van der Waals surface area contributed by atoms with Crippen LogP contribution in [-0.4, -0.2) is 36.6 Å². The Morgan fingerprint density at radius 3 is 2.74 bits per heavy atom. The Bertz CT molecular complexity index is 463. The van der Waals surface area contributed by atoms with E-state index < -0.39 is 0 Å². The molecule has 3 rings (SSSR count). The molecule has 0 spiro atoms. The summed E-state index contributed by atoms with van der Waals surface area (Å²) in [6, 6.07) is 7.23. The highest BCUT2D eigenvalue weighted by molar-refractivity contribution is 6.42. The molecule has 1 aromatic carbocycles. The number of piperazine rings is 1. The van der Waals surface area contributed by atoms with Gasteiger partial charge < -0.3 is 4.90 Å². The zero-order valence-corrected chi connectivity index (χ0v) is 12.8. The van der Waals surface area contributed by atoms with Gasteiger partial charge in [-0.3, -0.25) is 4.90 Å². The summed E-state index contributed by atoms with van der Waals surface area (Å²) >= 11 is 12.2. The molecule has 0 N–H and O–H groups in total. The third kappa shape index (κ3) is 2.72. The second kappa shape index (κ2) is 5.51. The number of anilines is 1. The molecule has 2 nitrogen and oxygen atoms in total. The van der Waals surface area contributed by atoms with Crippen LogP contribution >= 0.6 is 23.2 Å². The fourth-order valence-electron chi connectivity index (χ4n) is 3.38. The standard InChI is InChI=1S/C15H20Cl2N2/c1-11-9-18-7-3-2-4-13(18)10-19(11)12-5-6-14(16)15(17)8-12/h5-6,8,11,13H,2-4,7,9-10H2,1H3. The number of piperidine rings is 1. The van der Waals surface area contributed by atoms with E-state index in [2.05, 4.69) is 22.8 Å². The van der Waals surface area contributed by atoms with E-state index in [1.165, 1.54) is 31.5 Å². The lowest BCUT2D eigenvalue weighted by Gasteiger charge is -2.48. The SMILES string of the molecule is CC1CN2CCCCC2CN1c1ccc(Cl)c(Cl)c1. The van der Waals surface area contributed by atoms with Crippen molar-refractivity contribution in [1.82, 2.24) is 4.90 Å². The first-order valence-electron chi connectivity index (χ1n) is 7.11. The molecule has 2 fully saturated rings. The average Bonchev–Trinajstić information content (AvgIpc) is 2.41. The quantitative estimate of drug-likeness (QED) is 0.771. The number of hydrogen-bond donors (Lipinski definition) is 0. The molecular formula is C15H20Cl2N2. The summed E-state index contributed by atoms with van der Waals surface area (Å²) < 4.78 is 0. The van der Waals surface area contributed by atoms with Crippen molar-refractivity contribution < 1.29 is 0 Å². The van der Waals surface area contributed by atoms with Gasteiger partial charge in [0.25, 0.3) is 0 Å². The van der Waals surface area contributed by atoms with Gasteiger partial charge in [0, 0.05) is 30.9 Å². The van der Waals surface area contributed by atoms with Gasteiger partial charge in [0.15, 0.2) is 0 Å². The van der Waals surface area contributed by atoms with E-state index in [0.29, 0.717) is 22.1 Å². The van der Waals surface area contributed by atoms with Crippen LogP contribution in [0.25, 0.3) is 0 Å². The van der Waals surface area contributed by atoms with Crippen molar-refractivity contribution in [1.29, 1.82) is 0 Å². The summed E-state index contributed by atoms with van der Waals surface area (Å²) in [6.07, 6.45) is 4.05. The molecule has 0 saturated carbocycles. The normalized spacial score (nSPS) is 28.3. The molecular weight excluding hydrogens is 279 g/mol. The van der Waals surface area contributed by atoms with Crippen molar-refractivity contribution in [2.45, 2.75) is 38.3 Å². The maximum Gasteiger partial charge on any atom is 0.0612 e. The molecule has 104 valence electrons. The molecule has 2 atom stereocenters. The molecule has 2 heterocycles. The van der Waals surface area contributed by atoms with Crippen LogP contribution in [0.5, 0.6) is 0 Å². The molecule has 0 radical (unpaired) electrons. The lowest BCUT2D eigenvalue weighted by Crippen LogP contribution is -2.58. The zero-order chi connectivity index (χ0) is 13.4. The topological polar surface area (TPSA) is 6.48 Å². The molecule has 2 aliphatic heterocycles. The van der Waals surface area contributed by atoms with Crippen LogP contribution in [-0.2, 0) is 0 Å². The zero-order valence-electron chi connectivity index (χ0n) is 11.3. The van der Waals surface area contributed by atoms with Crippen molar-refractivity contribution in [2.24, 2.45) is 0 Å². The minimum atomic E-state index is 0.534. The van der Waals surface area contributed by atoms with E-state index in [9.17, 15) is 0 Å². The van der Waals surface area contributed by atoms with E-state index in [1.54, 1.807) is 0 Å². The fourth-order valence-corrected chi connectivity index (χ4v) is 3.67. The fraction of sp³-hybridized carbons (Fsp3) is 0.600. The number of benzene rings is 1. The average molecular weight is 299 g/mol. The molecule has 2 aliphatic rings. The second-order valence-electron chi connectivity index (χ2n) is 5.74. The van der Waals surface area contributed by atoms with Gasteiger partial charge in [0.1, 0.15) is 0 Å². The number of nitrogens with zero attached hydrogens (tertiary/aromatic N) is 2. The highest BCUT2D eigenvalue weighted by atomic mass is 35.5. The lowest BCUT2D eigenvalue weighted by atomic mass is 9.96. The van der Waals surface area contributed by atoms with E-state index in [1.807, 2.05) is 12.1 Å². The Labute approximate surface area is 125 Å². The third-order valence-corrected chi connectivity index (χ3v) is 5.16. The monoisotopic (exact) mass is 298 g/mol. The number of fused-ring (bicyclic) bond motifs is 1. The number of rotatable bonds is 1. The highest BCUT2D eigenvalue weighted by Crippen LogP contribution is 2.32. The third-order valence-electron chi connectivity index (χ3n) is 4.42. The summed E-state index contributed by atoms with van der Waals surface area (Å²) in [5.41, 5.74) is 1.20. The van der Waals surface area contributed by atoms with Gasteiger partial charge in [-0.15, -0.1) is 0 Å². The largest absolute Gasteiger partial charge is 0.366 e. The van der Waals surface area contributed by atoms with E-state index in [0.717, 1.165) is 13.1 Å². The Morgan fingerprint density at radius 1 is 1.11 bits per heavy atom. The first kappa shape index (κ1) is 13.5. The number of hydrogen-bond acceptors (Lipinski definition) is 2. The highest BCUT2D eigenvalue weighted by Gasteiger charge is 2.33. The minimum absolute atomic E-state index is 0.534. The van der Waals surface area contributed by atoms with Gasteiger partial charge >= 0.3 is 0 Å². The molecule has 1 aromatic rings. The predicted octanol–water partition coefficient (Wildman–Crippen LogP) is 4.06. The molecule has 19 heavy (non-hydrogen) atoms. The van der Waals surface area contributed by atoms with Crippen LogP contribution in [0.1, 0.15) is 26.2 Å². The van der Waals surface area contributed by atoms with Gasteiger partial charge in [-0.25, -0.2) is 0 Å². The summed E-state index contributed by atoms with van der Waals surface area (Å²) in [5, 5.41) is 1.28. The predicted molar refractivity (Wildman–Crippen MR) is 82.5 cm³/mol. The Hall–Kier alpha value is -0.440. The van der Waals surface area contributed by atoms with Crippen molar-refractivity contribution in [3.05, 3.63) is 28.2 Å². The number of halogens is 2. The van der Waals surface area contributed by atoms with Gasteiger partial charge in [0.2, 0.25) is 0 Å². The van der Waals surface area contributed by atoms with Crippen molar-refractivity contribution in [2.75, 3.05) is 24.5 Å². The van der Waals surface area contributed by atoms with Crippen LogP contribution in [0.15, 0.2) is 18.2 Å². The van der Waals surface area contributed by atoms with E-state index >= 15 is 0 Å². The van der Waals surface area contributed by atoms with Crippen LogP contribution in [0.3, 0.4) is 0 Å². The Morgan fingerprint density at radius 2 is 1.95 bits per heavy atom. The lowest BCUT2D eigenvalue weighted by molar-refractivity contribution is 0.115. The molecule has 0 aliphatic carbocycles. The first-order valence-corrected chi connectivity index (χ1v) is 7.86. The summed E-state index contributed by atoms with van der Waals surface area (Å²) in [5.74, 6) is 0. The summed E-state index contributed by atoms with van der Waals surface area (Å²) in [6.45, 7) is 5.83. The van der Waals surface area contributed by atoms with Crippen LogP contribution < -0.4 is 4.90 Å². The first-order chi connectivity index (χ1) is 9.15. The van der Waals surface area contributed by atoms with Crippen molar-refractivity contribution in [3.8, 4) is 0 Å². The van der Waals surface area contributed by atoms with Crippen LogP contribution in [0.4, 0.5) is 5.69 Å². The molecule has 0 amide bonds. The molecule has 0 aromatic heterocycles. The van der Waals surface area contributed by atoms with Gasteiger partial charge in [-0.05, 0) is 44.5 Å². The smallest absolute Gasteiger partial charge is 0.0612 e. The Balaban J connectivity index is 1.81. The maximum atomic E-state index is 6.15. The Kier molecular flexibility index (Phi) is 3.93. The molecule has 2 unspecified atom stereocenters. The van der Waals surface area contributed by atoms with E-state index in [4.69, 9.17) is 23.2 Å². The summed E-state index contributed by atoms with van der Waals surface area (Å²) in [4.78, 5) is 5.14. The van der Waals surface area contributed by atoms with E-state index in [-0.39, 0.29) is 0 Å². The van der Waals surface area contributed by atoms with Gasteiger partial charge in [-0.1, -0.05) is 29.6 Å².